The van der Waals surface area contributed by atoms with E-state index in [1.165, 1.54) is 0 Å². The number of aryl methyl sites for hydroxylation is 1. The van der Waals surface area contributed by atoms with Crippen molar-refractivity contribution in [2.24, 2.45) is 0 Å². The van der Waals surface area contributed by atoms with Gasteiger partial charge in [0.05, 0.1) is 6.57 Å². The summed E-state index contributed by atoms with van der Waals surface area (Å²) in [6.45, 7) is 8.99. The van der Waals surface area contributed by atoms with Crippen molar-refractivity contribution in [3.8, 4) is 0 Å². The van der Waals surface area contributed by atoms with Gasteiger partial charge in [-0.15, -0.1) is 0 Å². The predicted octanol–water partition coefficient (Wildman–Crippen LogP) is 2.43. The van der Waals surface area contributed by atoms with E-state index in [4.69, 9.17) is 11.7 Å². The van der Waals surface area contributed by atoms with Gasteiger partial charge in [-0.25, -0.2) is 4.85 Å². The fourth-order valence-corrected chi connectivity index (χ4v) is 1.54. The maximum absolute atomic E-state index is 11.5. The second-order valence-corrected chi connectivity index (χ2v) is 3.79. The number of hydrogen-bond acceptors (Lipinski definition) is 2. The van der Waals surface area contributed by atoms with Gasteiger partial charge in [-0.1, -0.05) is 23.8 Å². The maximum Gasteiger partial charge on any atom is 0.190 e. The van der Waals surface area contributed by atoms with E-state index in [1.54, 1.807) is 6.07 Å². The third-order valence-corrected chi connectivity index (χ3v) is 2.36. The number of rotatable bonds is 5. The van der Waals surface area contributed by atoms with E-state index in [-0.39, 0.29) is 12.4 Å². The molecule has 1 aromatic carbocycles. The van der Waals surface area contributed by atoms with Gasteiger partial charge in [0.2, 0.25) is 0 Å². The zero-order chi connectivity index (χ0) is 12.0. The van der Waals surface area contributed by atoms with Crippen LogP contribution in [-0.2, 0) is 11.2 Å². The Morgan fingerprint density at radius 1 is 1.50 bits per heavy atom. The van der Waals surface area contributed by atoms with E-state index < -0.39 is 0 Å². The summed E-state index contributed by atoms with van der Waals surface area (Å²) in [4.78, 5) is 14.9. The predicted molar refractivity (Wildman–Crippen MR) is 62.5 cm³/mol. The van der Waals surface area contributed by atoms with Crippen molar-refractivity contribution in [3.63, 3.8) is 0 Å². The van der Waals surface area contributed by atoms with Crippen LogP contribution in [0, 0.1) is 13.5 Å². The van der Waals surface area contributed by atoms with E-state index in [2.05, 4.69) is 4.85 Å². The fourth-order valence-electron chi connectivity index (χ4n) is 1.54. The van der Waals surface area contributed by atoms with Gasteiger partial charge in [0, 0.05) is 19.4 Å². The summed E-state index contributed by atoms with van der Waals surface area (Å²) in [6.07, 6.45) is 1.17. The molecule has 0 heterocycles. The molecule has 0 radical (unpaired) electrons. The molecule has 0 atom stereocenters. The van der Waals surface area contributed by atoms with Crippen LogP contribution in [0.5, 0.6) is 0 Å². The van der Waals surface area contributed by atoms with Gasteiger partial charge in [-0.3, -0.25) is 4.79 Å². The van der Waals surface area contributed by atoms with Crippen LogP contribution in [0.4, 0.5) is 5.69 Å². The van der Waals surface area contributed by atoms with Crippen molar-refractivity contribution >= 4 is 11.5 Å². The molecule has 3 nitrogen and oxygen atoms in total. The number of Topliss-reactive ketones (excluding diaryl/α,β-unsaturated/α-hetero) is 1. The zero-order valence-electron chi connectivity index (χ0n) is 9.36. The number of nitrogens with zero attached hydrogens (tertiary/aromatic N) is 1. The second-order valence-electron chi connectivity index (χ2n) is 3.79. The Hall–Kier alpha value is -1.66. The Morgan fingerprint density at radius 3 is 2.88 bits per heavy atom. The zero-order valence-corrected chi connectivity index (χ0v) is 9.36. The van der Waals surface area contributed by atoms with Crippen LogP contribution in [-0.4, -0.2) is 17.5 Å². The molecule has 0 fully saturated rings. The molecule has 1 N–H and O–H groups in total. The topological polar surface area (TPSA) is 41.7 Å². The van der Waals surface area contributed by atoms with Gasteiger partial charge < -0.3 is 5.11 Å². The first kappa shape index (κ1) is 12.4. The Balaban J connectivity index is 2.76. The van der Waals surface area contributed by atoms with Gasteiger partial charge in [-0.2, -0.15) is 0 Å². The molecule has 0 bridgehead atoms. The average molecular weight is 217 g/mol. The van der Waals surface area contributed by atoms with E-state index in [1.807, 2.05) is 19.1 Å². The number of benzene rings is 1. The van der Waals surface area contributed by atoms with Crippen molar-refractivity contribution in [2.75, 3.05) is 6.61 Å². The highest BCUT2D eigenvalue weighted by Crippen LogP contribution is 2.21. The van der Waals surface area contributed by atoms with E-state index in [0.29, 0.717) is 24.9 Å². The molecule has 84 valence electrons. The summed E-state index contributed by atoms with van der Waals surface area (Å²) < 4.78 is 0. The van der Waals surface area contributed by atoms with Gasteiger partial charge in [0.1, 0.15) is 5.78 Å². The van der Waals surface area contributed by atoms with Crippen molar-refractivity contribution < 1.29 is 9.90 Å². The summed E-state index contributed by atoms with van der Waals surface area (Å²) in [5.74, 6) is 0.0737. The molecule has 1 rings (SSSR count). The lowest BCUT2D eigenvalue weighted by Gasteiger charge is -2.04. The van der Waals surface area contributed by atoms with Crippen LogP contribution in [0.3, 0.4) is 0 Å². The molecule has 0 aliphatic carbocycles. The first-order chi connectivity index (χ1) is 7.67. The molecule has 3 heteroatoms. The molecule has 0 saturated heterocycles. The number of aliphatic hydroxyl groups excluding tert-OH is 1. The van der Waals surface area contributed by atoms with E-state index >= 15 is 0 Å². The van der Waals surface area contributed by atoms with Crippen molar-refractivity contribution in [1.82, 2.24) is 0 Å². The lowest BCUT2D eigenvalue weighted by atomic mass is 10.0. The smallest absolute Gasteiger partial charge is 0.190 e. The third-order valence-electron chi connectivity index (χ3n) is 2.36. The molecule has 0 saturated carbocycles. The highest BCUT2D eigenvalue weighted by molar-refractivity contribution is 5.82. The third kappa shape index (κ3) is 3.48. The van der Waals surface area contributed by atoms with Crippen LogP contribution in [0.1, 0.15) is 24.0 Å². The molecule has 1 aromatic rings. The molecule has 0 spiro atoms. The Labute approximate surface area is 95.5 Å². The Kier molecular flexibility index (Phi) is 4.68. The second kappa shape index (κ2) is 6.04. The molecule has 0 aliphatic rings. The van der Waals surface area contributed by atoms with Gasteiger partial charge >= 0.3 is 0 Å². The number of hydrogen-bond donors (Lipinski definition) is 1. The van der Waals surface area contributed by atoms with Crippen LogP contribution in [0.2, 0.25) is 0 Å². The minimum atomic E-state index is 0.0369. The Bertz CT molecular complexity index is 418. The lowest BCUT2D eigenvalue weighted by molar-refractivity contribution is -0.118. The largest absolute Gasteiger partial charge is 0.396 e. The van der Waals surface area contributed by atoms with E-state index in [9.17, 15) is 4.79 Å². The van der Waals surface area contributed by atoms with Gasteiger partial charge in [0.25, 0.3) is 0 Å². The van der Waals surface area contributed by atoms with Crippen molar-refractivity contribution in [3.05, 3.63) is 40.7 Å². The quantitative estimate of drug-likeness (QED) is 0.769. The molecular formula is C13H15NO2. The maximum atomic E-state index is 11.5. The SMILES string of the molecule is [C-]#[N+]c1ccc(C)cc1CC(=O)CCCO. The van der Waals surface area contributed by atoms with E-state index in [0.717, 1.165) is 11.1 Å². The van der Waals surface area contributed by atoms with Crippen LogP contribution in [0.15, 0.2) is 18.2 Å². The minimum absolute atomic E-state index is 0.0369. The highest BCUT2D eigenvalue weighted by atomic mass is 16.3. The average Bonchev–Trinajstić information content (AvgIpc) is 2.27. The van der Waals surface area contributed by atoms with Crippen molar-refractivity contribution in [1.29, 1.82) is 0 Å². The van der Waals surface area contributed by atoms with Crippen LogP contribution >= 0.6 is 0 Å². The number of ketones is 1. The first-order valence-corrected chi connectivity index (χ1v) is 5.27. The lowest BCUT2D eigenvalue weighted by Crippen LogP contribution is -2.03. The summed E-state index contributed by atoms with van der Waals surface area (Å²) in [5.41, 5.74) is 2.39. The molecule has 0 aliphatic heterocycles. The standard InChI is InChI=1S/C13H15NO2/c1-10-5-6-13(14-2)11(8-10)9-12(16)4-3-7-15/h5-6,8,15H,3-4,7,9H2,1H3. The van der Waals surface area contributed by atoms with Gasteiger partial charge in [0.15, 0.2) is 5.69 Å². The summed E-state index contributed by atoms with van der Waals surface area (Å²) in [5, 5.41) is 8.63. The monoisotopic (exact) mass is 217 g/mol. The van der Waals surface area contributed by atoms with Crippen LogP contribution < -0.4 is 0 Å². The number of carbonyl (C=O) groups is 1. The molecule has 16 heavy (non-hydrogen) atoms. The van der Waals surface area contributed by atoms with Gasteiger partial charge in [-0.05, 0) is 18.9 Å². The van der Waals surface area contributed by atoms with Crippen LogP contribution in [0.25, 0.3) is 4.85 Å². The first-order valence-electron chi connectivity index (χ1n) is 5.27. The highest BCUT2D eigenvalue weighted by Gasteiger charge is 2.08. The summed E-state index contributed by atoms with van der Waals surface area (Å²) in [6, 6.07) is 5.50. The Morgan fingerprint density at radius 2 is 2.25 bits per heavy atom. The number of aliphatic hydroxyl groups is 1. The molecule has 0 amide bonds. The van der Waals surface area contributed by atoms with Crippen molar-refractivity contribution in [2.45, 2.75) is 26.2 Å². The fraction of sp³-hybridized carbons (Fsp3) is 0.385. The molecule has 0 unspecified atom stereocenters. The normalized spacial score (nSPS) is 9.81. The number of carbonyl (C=O) groups excluding carboxylic acids is 1. The summed E-state index contributed by atoms with van der Waals surface area (Å²) >= 11 is 0. The minimum Gasteiger partial charge on any atom is -0.396 e. The molecular weight excluding hydrogens is 202 g/mol. The summed E-state index contributed by atoms with van der Waals surface area (Å²) in [7, 11) is 0. The molecule has 0 aromatic heterocycles.